The summed E-state index contributed by atoms with van der Waals surface area (Å²) < 4.78 is 1.85. The summed E-state index contributed by atoms with van der Waals surface area (Å²) in [5.41, 5.74) is 3.45. The van der Waals surface area contributed by atoms with Gasteiger partial charge in [-0.1, -0.05) is 23.7 Å². The Morgan fingerprint density at radius 1 is 1.21 bits per heavy atom. The van der Waals surface area contributed by atoms with E-state index in [1.54, 1.807) is 0 Å². The van der Waals surface area contributed by atoms with E-state index in [-0.39, 0.29) is 17.7 Å². The maximum absolute atomic E-state index is 12.8. The Morgan fingerprint density at radius 3 is 2.54 bits per heavy atom. The summed E-state index contributed by atoms with van der Waals surface area (Å²) >= 11 is 7.59. The van der Waals surface area contributed by atoms with Gasteiger partial charge in [-0.15, -0.1) is 11.8 Å². The van der Waals surface area contributed by atoms with Crippen LogP contribution in [0.1, 0.15) is 34.6 Å². The van der Waals surface area contributed by atoms with E-state index in [4.69, 9.17) is 16.7 Å². The summed E-state index contributed by atoms with van der Waals surface area (Å²) in [5.74, 6) is -1.00. The number of carbonyl (C=O) groups excluding carboxylic acids is 1. The number of carboxylic acid groups (broad SMARTS) is 1. The second-order valence-corrected chi connectivity index (χ2v) is 8.17. The Bertz CT molecular complexity index is 1040. The molecule has 7 heteroatoms. The third-order valence-electron chi connectivity index (χ3n) is 4.58. The number of aromatic nitrogens is 1. The Balaban J connectivity index is 1.75. The van der Waals surface area contributed by atoms with Gasteiger partial charge in [0.1, 0.15) is 5.69 Å². The molecule has 3 rings (SSSR count). The normalized spacial score (nSPS) is 12.1. The topological polar surface area (TPSA) is 71.3 Å². The molecule has 0 radical (unpaired) electrons. The van der Waals surface area contributed by atoms with E-state index in [0.29, 0.717) is 10.7 Å². The van der Waals surface area contributed by atoms with E-state index in [9.17, 15) is 9.59 Å². The summed E-state index contributed by atoms with van der Waals surface area (Å²) in [7, 11) is 1.85. The highest BCUT2D eigenvalue weighted by Gasteiger charge is 2.18. The molecule has 2 N–H and O–H groups in total. The lowest BCUT2D eigenvalue weighted by atomic mass is 10.1. The Labute approximate surface area is 172 Å². The first-order valence-electron chi connectivity index (χ1n) is 8.77. The van der Waals surface area contributed by atoms with Crippen LogP contribution in [0.5, 0.6) is 0 Å². The molecule has 0 unspecified atom stereocenters. The third kappa shape index (κ3) is 4.34. The number of carboxylic acids is 1. The van der Waals surface area contributed by atoms with Crippen molar-refractivity contribution in [1.29, 1.82) is 0 Å². The van der Waals surface area contributed by atoms with Crippen molar-refractivity contribution in [2.75, 3.05) is 5.75 Å². The van der Waals surface area contributed by atoms with Crippen molar-refractivity contribution in [2.24, 2.45) is 7.05 Å². The van der Waals surface area contributed by atoms with Gasteiger partial charge in [-0.25, -0.2) is 0 Å². The average molecular weight is 417 g/mol. The Hall–Kier alpha value is -2.44. The van der Waals surface area contributed by atoms with Crippen LogP contribution < -0.4 is 5.32 Å². The summed E-state index contributed by atoms with van der Waals surface area (Å²) in [6, 6.07) is 13.0. The molecular formula is C21H21ClN2O3S. The van der Waals surface area contributed by atoms with Crippen LogP contribution in [0, 0.1) is 6.92 Å². The van der Waals surface area contributed by atoms with Crippen LogP contribution in [0.3, 0.4) is 0 Å². The maximum atomic E-state index is 12.8. The molecule has 1 aromatic heterocycles. The lowest BCUT2D eigenvalue weighted by Gasteiger charge is -2.15. The van der Waals surface area contributed by atoms with Crippen molar-refractivity contribution in [3.8, 4) is 0 Å². The third-order valence-corrected chi connectivity index (χ3v) is 5.89. The molecule has 0 fully saturated rings. The largest absolute Gasteiger partial charge is 0.481 e. The zero-order valence-electron chi connectivity index (χ0n) is 15.8. The number of thioether (sulfide) groups is 1. The number of hydrogen-bond acceptors (Lipinski definition) is 3. The van der Waals surface area contributed by atoms with E-state index in [0.717, 1.165) is 26.9 Å². The second-order valence-electron chi connectivity index (χ2n) is 6.71. The van der Waals surface area contributed by atoms with E-state index in [1.807, 2.05) is 67.9 Å². The van der Waals surface area contributed by atoms with E-state index in [1.165, 1.54) is 11.8 Å². The van der Waals surface area contributed by atoms with Crippen molar-refractivity contribution >= 4 is 46.1 Å². The minimum Gasteiger partial charge on any atom is -0.481 e. The van der Waals surface area contributed by atoms with Crippen molar-refractivity contribution < 1.29 is 14.7 Å². The van der Waals surface area contributed by atoms with Crippen LogP contribution >= 0.6 is 23.4 Å². The standard InChI is InChI=1S/C21H21ClN2O3S/c1-12-8-17(22)16-10-19(24(3)18(16)9-12)21(27)23-13(2)14-4-6-15(7-5-14)28-11-20(25)26/h4-10,13H,11H2,1-3H3,(H,23,27)(H,25,26)/t13-/m1/s1. The molecule has 2 aromatic carbocycles. The molecule has 0 aliphatic carbocycles. The number of aliphatic carboxylic acids is 1. The lowest BCUT2D eigenvalue weighted by molar-refractivity contribution is -0.133. The van der Waals surface area contributed by atoms with Gasteiger partial charge >= 0.3 is 5.97 Å². The number of nitrogens with zero attached hydrogens (tertiary/aromatic N) is 1. The minimum atomic E-state index is -0.847. The van der Waals surface area contributed by atoms with Crippen molar-refractivity contribution in [1.82, 2.24) is 9.88 Å². The molecule has 1 atom stereocenters. The first kappa shape index (κ1) is 20.3. The molecule has 0 saturated heterocycles. The molecule has 0 spiro atoms. The van der Waals surface area contributed by atoms with Gasteiger partial charge in [-0.05, 0) is 55.3 Å². The highest BCUT2D eigenvalue weighted by atomic mass is 35.5. The van der Waals surface area contributed by atoms with Crippen LogP contribution in [0.2, 0.25) is 5.02 Å². The number of carbonyl (C=O) groups is 2. The molecule has 1 heterocycles. The fourth-order valence-corrected chi connectivity index (χ4v) is 4.03. The molecule has 0 bridgehead atoms. The number of rotatable bonds is 6. The number of amides is 1. The zero-order chi connectivity index (χ0) is 20.4. The number of halogens is 1. The monoisotopic (exact) mass is 416 g/mol. The van der Waals surface area contributed by atoms with Crippen LogP contribution in [0.25, 0.3) is 10.9 Å². The van der Waals surface area contributed by atoms with E-state index < -0.39 is 5.97 Å². The minimum absolute atomic E-state index is 0.0225. The van der Waals surface area contributed by atoms with Gasteiger partial charge in [0.25, 0.3) is 5.91 Å². The maximum Gasteiger partial charge on any atom is 0.313 e. The quantitative estimate of drug-likeness (QED) is 0.566. The molecular weight excluding hydrogens is 396 g/mol. The molecule has 0 aliphatic rings. The van der Waals surface area contributed by atoms with Gasteiger partial charge in [0.05, 0.1) is 22.3 Å². The molecule has 28 heavy (non-hydrogen) atoms. The number of hydrogen-bond donors (Lipinski definition) is 2. The molecule has 0 saturated carbocycles. The number of nitrogens with one attached hydrogen (secondary N) is 1. The fraction of sp³-hybridized carbons (Fsp3) is 0.238. The van der Waals surface area contributed by atoms with E-state index in [2.05, 4.69) is 5.32 Å². The summed E-state index contributed by atoms with van der Waals surface area (Å²) in [4.78, 5) is 24.4. The summed E-state index contributed by atoms with van der Waals surface area (Å²) in [5, 5.41) is 13.3. The number of aryl methyl sites for hydroxylation is 2. The second kappa shape index (κ2) is 8.29. The Morgan fingerprint density at radius 2 is 1.89 bits per heavy atom. The molecule has 3 aromatic rings. The first-order chi connectivity index (χ1) is 13.3. The Kier molecular flexibility index (Phi) is 6.01. The first-order valence-corrected chi connectivity index (χ1v) is 10.1. The van der Waals surface area contributed by atoms with Crippen LogP contribution in [-0.4, -0.2) is 27.3 Å². The smallest absolute Gasteiger partial charge is 0.313 e. The fourth-order valence-electron chi connectivity index (χ4n) is 3.09. The van der Waals surface area contributed by atoms with Crippen LogP contribution in [-0.2, 0) is 11.8 Å². The van der Waals surface area contributed by atoms with Crippen molar-refractivity contribution in [3.63, 3.8) is 0 Å². The molecule has 0 aliphatic heterocycles. The molecule has 1 amide bonds. The molecule has 146 valence electrons. The van der Waals surface area contributed by atoms with Gasteiger partial charge < -0.3 is 15.0 Å². The highest BCUT2D eigenvalue weighted by molar-refractivity contribution is 8.00. The van der Waals surface area contributed by atoms with Crippen molar-refractivity contribution in [3.05, 3.63) is 64.3 Å². The predicted octanol–water partition coefficient (Wildman–Crippen LogP) is 4.81. The van der Waals surface area contributed by atoms with Gasteiger partial charge in [0, 0.05) is 17.3 Å². The van der Waals surface area contributed by atoms with Crippen molar-refractivity contribution in [2.45, 2.75) is 24.8 Å². The summed E-state index contributed by atoms with van der Waals surface area (Å²) in [6.07, 6.45) is 0. The van der Waals surface area contributed by atoms with Gasteiger partial charge in [-0.3, -0.25) is 9.59 Å². The molecule has 5 nitrogen and oxygen atoms in total. The van der Waals surface area contributed by atoms with Gasteiger partial charge in [0.2, 0.25) is 0 Å². The SMILES string of the molecule is Cc1cc(Cl)c2cc(C(=O)N[C@H](C)c3ccc(SCC(=O)O)cc3)n(C)c2c1. The van der Waals surface area contributed by atoms with Gasteiger partial charge in [-0.2, -0.15) is 0 Å². The predicted molar refractivity (Wildman–Crippen MR) is 113 cm³/mol. The van der Waals surface area contributed by atoms with Crippen LogP contribution in [0.4, 0.5) is 0 Å². The highest BCUT2D eigenvalue weighted by Crippen LogP contribution is 2.28. The lowest BCUT2D eigenvalue weighted by Crippen LogP contribution is -2.28. The number of benzene rings is 2. The zero-order valence-corrected chi connectivity index (χ0v) is 17.4. The van der Waals surface area contributed by atoms with E-state index >= 15 is 0 Å². The van der Waals surface area contributed by atoms with Gasteiger partial charge in [0.15, 0.2) is 0 Å². The number of fused-ring (bicyclic) bond motifs is 1. The summed E-state index contributed by atoms with van der Waals surface area (Å²) in [6.45, 7) is 3.88. The van der Waals surface area contributed by atoms with Crippen LogP contribution in [0.15, 0.2) is 47.4 Å². The average Bonchev–Trinajstić information content (AvgIpc) is 2.97.